The van der Waals surface area contributed by atoms with Crippen LogP contribution in [0.4, 0.5) is 14.9 Å². The molecule has 2 aromatic carbocycles. The minimum atomic E-state index is -0.760. The molecule has 1 atom stereocenters. The second kappa shape index (κ2) is 6.06. The highest BCUT2D eigenvalue weighted by atomic mass is 19.1. The SMILES string of the molecule is CN(C)c1cc(-c2ccc3c(c2)CC(C)(C)C3OC(N)=O)ccc1F. The summed E-state index contributed by atoms with van der Waals surface area (Å²) in [6.07, 6.45) is -0.320. The van der Waals surface area contributed by atoms with Crippen LogP contribution in [-0.2, 0) is 11.2 Å². The Labute approximate surface area is 147 Å². The lowest BCUT2D eigenvalue weighted by atomic mass is 9.87. The molecule has 2 N–H and O–H groups in total. The topological polar surface area (TPSA) is 55.6 Å². The molecule has 0 aliphatic heterocycles. The molecule has 0 heterocycles. The summed E-state index contributed by atoms with van der Waals surface area (Å²) in [6, 6.07) is 11.2. The zero-order chi connectivity index (χ0) is 18.4. The fourth-order valence-electron chi connectivity index (χ4n) is 3.57. The lowest BCUT2D eigenvalue weighted by molar-refractivity contribution is 0.0392. The van der Waals surface area contributed by atoms with E-state index in [-0.39, 0.29) is 17.3 Å². The van der Waals surface area contributed by atoms with Gasteiger partial charge in [-0.25, -0.2) is 9.18 Å². The van der Waals surface area contributed by atoms with Crippen molar-refractivity contribution in [3.05, 3.63) is 53.3 Å². The van der Waals surface area contributed by atoms with E-state index in [4.69, 9.17) is 10.5 Å². The third-order valence-corrected chi connectivity index (χ3v) is 4.78. The summed E-state index contributed by atoms with van der Waals surface area (Å²) in [6.45, 7) is 4.12. The molecule has 1 aliphatic carbocycles. The Morgan fingerprint density at radius 3 is 2.48 bits per heavy atom. The number of nitrogens with zero attached hydrogens (tertiary/aromatic N) is 1. The predicted molar refractivity (Wildman–Crippen MR) is 97.1 cm³/mol. The van der Waals surface area contributed by atoms with Crippen LogP contribution in [0.1, 0.15) is 31.1 Å². The van der Waals surface area contributed by atoms with Crippen molar-refractivity contribution >= 4 is 11.8 Å². The van der Waals surface area contributed by atoms with E-state index in [0.717, 1.165) is 28.7 Å². The van der Waals surface area contributed by atoms with Crippen molar-refractivity contribution in [2.45, 2.75) is 26.4 Å². The van der Waals surface area contributed by atoms with Gasteiger partial charge in [0.1, 0.15) is 11.9 Å². The van der Waals surface area contributed by atoms with Crippen molar-refractivity contribution in [2.75, 3.05) is 19.0 Å². The Bertz CT molecular complexity index is 830. The van der Waals surface area contributed by atoms with Crippen LogP contribution in [0.5, 0.6) is 0 Å². The summed E-state index contributed by atoms with van der Waals surface area (Å²) in [5.41, 5.74) is 9.64. The number of nitrogens with two attached hydrogens (primary N) is 1. The molecule has 0 fully saturated rings. The van der Waals surface area contributed by atoms with Gasteiger partial charge in [-0.15, -0.1) is 0 Å². The van der Waals surface area contributed by atoms with E-state index in [1.165, 1.54) is 6.07 Å². The summed E-state index contributed by atoms with van der Waals surface area (Å²) in [5, 5.41) is 0. The fraction of sp³-hybridized carbons (Fsp3) is 0.350. The monoisotopic (exact) mass is 342 g/mol. The maximum absolute atomic E-state index is 13.9. The summed E-state index contributed by atoms with van der Waals surface area (Å²) in [5.74, 6) is -0.244. The zero-order valence-corrected chi connectivity index (χ0v) is 15.0. The number of benzene rings is 2. The highest BCUT2D eigenvalue weighted by Gasteiger charge is 2.41. The first-order valence-electron chi connectivity index (χ1n) is 8.25. The van der Waals surface area contributed by atoms with Crippen LogP contribution in [0, 0.1) is 11.2 Å². The molecule has 1 unspecified atom stereocenters. The summed E-state index contributed by atoms with van der Waals surface area (Å²) < 4.78 is 19.3. The van der Waals surface area contributed by atoms with Crippen molar-refractivity contribution < 1.29 is 13.9 Å². The van der Waals surface area contributed by atoms with Crippen LogP contribution < -0.4 is 10.6 Å². The first-order valence-corrected chi connectivity index (χ1v) is 8.25. The highest BCUT2D eigenvalue weighted by molar-refractivity contribution is 5.71. The first kappa shape index (κ1) is 17.3. The standard InChI is InChI=1S/C20H23FN2O2/c1-20(2)11-14-9-12(5-7-15(14)18(20)25-19(22)24)13-6-8-16(21)17(10-13)23(3)4/h5-10,18H,11H2,1-4H3,(H2,22,24). The fourth-order valence-corrected chi connectivity index (χ4v) is 3.57. The number of amides is 1. The molecule has 0 saturated carbocycles. The second-order valence-corrected chi connectivity index (χ2v) is 7.46. The number of ether oxygens (including phenoxy) is 1. The lowest BCUT2D eigenvalue weighted by Gasteiger charge is -2.26. The largest absolute Gasteiger partial charge is 0.441 e. The van der Waals surface area contributed by atoms with E-state index < -0.39 is 6.09 Å². The molecule has 2 aromatic rings. The minimum absolute atomic E-state index is 0.215. The van der Waals surface area contributed by atoms with Gasteiger partial charge in [0, 0.05) is 19.5 Å². The van der Waals surface area contributed by atoms with Crippen molar-refractivity contribution in [2.24, 2.45) is 11.1 Å². The molecule has 1 amide bonds. The number of carbonyl (C=O) groups is 1. The van der Waals surface area contributed by atoms with Gasteiger partial charge >= 0.3 is 6.09 Å². The van der Waals surface area contributed by atoms with Crippen molar-refractivity contribution in [3.63, 3.8) is 0 Å². The predicted octanol–water partition coefficient (Wildman–Crippen LogP) is 4.28. The molecule has 0 radical (unpaired) electrons. The molecule has 4 nitrogen and oxygen atoms in total. The molecule has 132 valence electrons. The molecule has 0 saturated heterocycles. The normalized spacial score (nSPS) is 17.9. The molecule has 3 rings (SSSR count). The number of hydrogen-bond acceptors (Lipinski definition) is 3. The van der Waals surface area contributed by atoms with E-state index >= 15 is 0 Å². The smallest absolute Gasteiger partial charge is 0.405 e. The van der Waals surface area contributed by atoms with Gasteiger partial charge in [0.25, 0.3) is 0 Å². The molecule has 0 spiro atoms. The Balaban J connectivity index is 2.01. The van der Waals surface area contributed by atoms with Crippen LogP contribution in [0.3, 0.4) is 0 Å². The molecule has 5 heteroatoms. The number of halogens is 1. The van der Waals surface area contributed by atoms with Gasteiger partial charge in [0.15, 0.2) is 0 Å². The average Bonchev–Trinajstić information content (AvgIpc) is 2.76. The van der Waals surface area contributed by atoms with Gasteiger partial charge in [-0.2, -0.15) is 0 Å². The molecule has 0 bridgehead atoms. The van der Waals surface area contributed by atoms with Crippen molar-refractivity contribution in [3.8, 4) is 11.1 Å². The lowest BCUT2D eigenvalue weighted by Crippen LogP contribution is -2.25. The van der Waals surface area contributed by atoms with E-state index in [1.807, 2.05) is 32.3 Å². The van der Waals surface area contributed by atoms with Gasteiger partial charge in [-0.1, -0.05) is 38.1 Å². The van der Waals surface area contributed by atoms with E-state index in [2.05, 4.69) is 19.9 Å². The van der Waals surface area contributed by atoms with E-state index in [9.17, 15) is 9.18 Å². The minimum Gasteiger partial charge on any atom is -0.441 e. The molecular weight excluding hydrogens is 319 g/mol. The maximum atomic E-state index is 13.9. The first-order chi connectivity index (χ1) is 11.7. The number of hydrogen-bond donors (Lipinski definition) is 1. The Kier molecular flexibility index (Phi) is 4.19. The summed E-state index contributed by atoms with van der Waals surface area (Å²) in [4.78, 5) is 13.0. The molecule has 1 aliphatic rings. The van der Waals surface area contributed by atoms with E-state index in [0.29, 0.717) is 5.69 Å². The Morgan fingerprint density at radius 2 is 1.84 bits per heavy atom. The second-order valence-electron chi connectivity index (χ2n) is 7.46. The summed E-state index contributed by atoms with van der Waals surface area (Å²) >= 11 is 0. The average molecular weight is 342 g/mol. The number of anilines is 1. The van der Waals surface area contributed by atoms with Crippen LogP contribution in [0.15, 0.2) is 36.4 Å². The van der Waals surface area contributed by atoms with Crippen molar-refractivity contribution in [1.29, 1.82) is 0 Å². The molecular formula is C20H23FN2O2. The number of carbonyl (C=O) groups excluding carboxylic acids is 1. The van der Waals surface area contributed by atoms with Crippen LogP contribution in [0.25, 0.3) is 11.1 Å². The number of rotatable bonds is 3. The van der Waals surface area contributed by atoms with Gasteiger partial charge in [0.05, 0.1) is 5.69 Å². The number of fused-ring (bicyclic) bond motifs is 1. The van der Waals surface area contributed by atoms with Gasteiger partial charge in [0.2, 0.25) is 0 Å². The van der Waals surface area contributed by atoms with E-state index in [1.54, 1.807) is 11.0 Å². The maximum Gasteiger partial charge on any atom is 0.405 e. The number of primary amides is 1. The highest BCUT2D eigenvalue weighted by Crippen LogP contribution is 2.48. The molecule has 25 heavy (non-hydrogen) atoms. The Morgan fingerprint density at radius 1 is 1.20 bits per heavy atom. The zero-order valence-electron chi connectivity index (χ0n) is 15.0. The third kappa shape index (κ3) is 3.18. The van der Waals surface area contributed by atoms with Crippen LogP contribution in [0.2, 0.25) is 0 Å². The van der Waals surface area contributed by atoms with Gasteiger partial charge in [-0.05, 0) is 40.8 Å². The van der Waals surface area contributed by atoms with Crippen molar-refractivity contribution in [1.82, 2.24) is 0 Å². The van der Waals surface area contributed by atoms with Gasteiger partial charge in [-0.3, -0.25) is 0 Å². The quantitative estimate of drug-likeness (QED) is 0.906. The Hall–Kier alpha value is -2.56. The van der Waals surface area contributed by atoms with Crippen LogP contribution >= 0.6 is 0 Å². The summed E-state index contributed by atoms with van der Waals surface area (Å²) in [7, 11) is 3.64. The van der Waals surface area contributed by atoms with Crippen LogP contribution in [-0.4, -0.2) is 20.2 Å². The third-order valence-electron chi connectivity index (χ3n) is 4.78. The van der Waals surface area contributed by atoms with Gasteiger partial charge < -0.3 is 15.4 Å². The molecule has 0 aromatic heterocycles.